The number of carbonyl (C=O) groups is 1. The maximum atomic E-state index is 12.6. The fraction of sp³-hybridized carbons (Fsp3) is 0.188. The molecule has 2 aromatic carbocycles. The number of anilines is 2. The largest absolute Gasteiger partial charge is 0.497 e. The molecule has 0 saturated heterocycles. The van der Waals surface area contributed by atoms with Gasteiger partial charge in [-0.3, -0.25) is 14.9 Å². The molecule has 0 fully saturated rings. The first kappa shape index (κ1) is 17.1. The summed E-state index contributed by atoms with van der Waals surface area (Å²) in [5.41, 5.74) is 0.851. The Labute approximate surface area is 138 Å². The topological polar surface area (TPSA) is 103 Å². The fourth-order valence-electron chi connectivity index (χ4n) is 2.15. The van der Waals surface area contributed by atoms with Crippen LogP contribution in [-0.4, -0.2) is 32.1 Å². The van der Waals surface area contributed by atoms with Crippen LogP contribution in [0.2, 0.25) is 0 Å². The molecule has 1 amide bonds. The summed E-state index contributed by atoms with van der Waals surface area (Å²) in [4.78, 5) is 22.9. The summed E-state index contributed by atoms with van der Waals surface area (Å²) in [6, 6.07) is 8.98. The van der Waals surface area contributed by atoms with Crippen LogP contribution >= 0.6 is 0 Å². The summed E-state index contributed by atoms with van der Waals surface area (Å²) in [6.45, 7) is 0. The summed E-state index contributed by atoms with van der Waals surface area (Å²) in [6.07, 6.45) is 0. The van der Waals surface area contributed by atoms with E-state index in [1.54, 1.807) is 25.2 Å². The molecule has 0 aliphatic rings. The Balaban J connectivity index is 2.39. The van der Waals surface area contributed by atoms with Crippen LogP contribution in [-0.2, 0) is 0 Å². The number of hydrogen-bond acceptors (Lipinski definition) is 6. The zero-order valence-corrected chi connectivity index (χ0v) is 13.5. The summed E-state index contributed by atoms with van der Waals surface area (Å²) in [5, 5.41) is 16.5. The molecule has 0 atom stereocenters. The zero-order valence-electron chi connectivity index (χ0n) is 13.5. The van der Waals surface area contributed by atoms with E-state index in [2.05, 4.69) is 10.6 Å². The first-order valence-corrected chi connectivity index (χ1v) is 6.99. The number of carbonyl (C=O) groups excluding carboxylic acids is 1. The molecule has 2 N–H and O–H groups in total. The van der Waals surface area contributed by atoms with Gasteiger partial charge in [0.15, 0.2) is 0 Å². The van der Waals surface area contributed by atoms with Crippen molar-refractivity contribution in [3.8, 4) is 11.5 Å². The second-order valence-corrected chi connectivity index (χ2v) is 4.76. The Kier molecular flexibility index (Phi) is 5.20. The van der Waals surface area contributed by atoms with Crippen molar-refractivity contribution in [3.05, 3.63) is 52.1 Å². The second kappa shape index (κ2) is 7.32. The lowest BCUT2D eigenvalue weighted by Crippen LogP contribution is -2.15. The Bertz CT molecular complexity index is 776. The van der Waals surface area contributed by atoms with Gasteiger partial charge < -0.3 is 20.1 Å². The molecular weight excluding hydrogens is 314 g/mol. The van der Waals surface area contributed by atoms with Crippen LogP contribution in [0.4, 0.5) is 17.1 Å². The van der Waals surface area contributed by atoms with E-state index in [0.29, 0.717) is 22.9 Å². The van der Waals surface area contributed by atoms with E-state index in [-0.39, 0.29) is 11.3 Å². The van der Waals surface area contributed by atoms with E-state index < -0.39 is 10.8 Å². The number of non-ortho nitro benzene ring substituents is 1. The van der Waals surface area contributed by atoms with E-state index in [0.717, 1.165) is 0 Å². The van der Waals surface area contributed by atoms with Crippen LogP contribution in [0.15, 0.2) is 36.4 Å². The maximum Gasteiger partial charge on any atom is 0.270 e. The van der Waals surface area contributed by atoms with Crippen molar-refractivity contribution in [2.75, 3.05) is 31.9 Å². The number of rotatable bonds is 6. The van der Waals surface area contributed by atoms with Crippen LogP contribution in [0.3, 0.4) is 0 Å². The molecule has 0 aliphatic carbocycles. The lowest BCUT2D eigenvalue weighted by molar-refractivity contribution is -0.384. The molecule has 24 heavy (non-hydrogen) atoms. The Morgan fingerprint density at radius 3 is 2.42 bits per heavy atom. The first-order valence-electron chi connectivity index (χ1n) is 6.99. The smallest absolute Gasteiger partial charge is 0.270 e. The van der Waals surface area contributed by atoms with Crippen LogP contribution in [0.25, 0.3) is 0 Å². The number of nitro groups is 1. The number of amides is 1. The minimum Gasteiger partial charge on any atom is -0.497 e. The Morgan fingerprint density at radius 2 is 1.83 bits per heavy atom. The Morgan fingerprint density at radius 1 is 1.08 bits per heavy atom. The normalized spacial score (nSPS) is 9.96. The van der Waals surface area contributed by atoms with Gasteiger partial charge in [0.1, 0.15) is 11.5 Å². The molecule has 0 spiro atoms. The highest BCUT2D eigenvalue weighted by Gasteiger charge is 2.18. The van der Waals surface area contributed by atoms with Gasteiger partial charge in [-0.05, 0) is 18.2 Å². The average Bonchev–Trinajstić information content (AvgIpc) is 2.60. The Hall–Kier alpha value is -3.29. The first-order chi connectivity index (χ1) is 11.5. The van der Waals surface area contributed by atoms with Gasteiger partial charge in [0.05, 0.1) is 30.4 Å². The fourth-order valence-corrected chi connectivity index (χ4v) is 2.15. The highest BCUT2D eigenvalue weighted by atomic mass is 16.6. The number of nitrogens with zero attached hydrogens (tertiary/aromatic N) is 1. The van der Waals surface area contributed by atoms with Crippen LogP contribution in [0.1, 0.15) is 10.4 Å². The van der Waals surface area contributed by atoms with E-state index in [1.165, 1.54) is 32.4 Å². The number of ether oxygens (including phenoxy) is 2. The predicted octanol–water partition coefficient (Wildman–Crippen LogP) is 2.91. The van der Waals surface area contributed by atoms with Gasteiger partial charge in [-0.25, -0.2) is 0 Å². The van der Waals surface area contributed by atoms with Crippen molar-refractivity contribution in [1.29, 1.82) is 0 Å². The van der Waals surface area contributed by atoms with Gasteiger partial charge in [0.25, 0.3) is 11.6 Å². The van der Waals surface area contributed by atoms with Crippen molar-refractivity contribution in [2.45, 2.75) is 0 Å². The summed E-state index contributed by atoms with van der Waals surface area (Å²) >= 11 is 0. The molecule has 2 aromatic rings. The zero-order chi connectivity index (χ0) is 17.7. The van der Waals surface area contributed by atoms with Crippen molar-refractivity contribution < 1.29 is 19.2 Å². The SMILES string of the molecule is CNc1ccc([N+](=O)[O-])cc1C(=O)Nc1cc(OC)ccc1OC. The van der Waals surface area contributed by atoms with Gasteiger partial charge in [-0.15, -0.1) is 0 Å². The molecule has 126 valence electrons. The van der Waals surface area contributed by atoms with Crippen LogP contribution in [0.5, 0.6) is 11.5 Å². The van der Waals surface area contributed by atoms with Crippen LogP contribution in [0, 0.1) is 10.1 Å². The highest BCUT2D eigenvalue weighted by Crippen LogP contribution is 2.30. The monoisotopic (exact) mass is 331 g/mol. The van der Waals surface area contributed by atoms with E-state index in [1.807, 2.05) is 0 Å². The molecule has 8 nitrogen and oxygen atoms in total. The third-order valence-corrected chi connectivity index (χ3v) is 3.38. The lowest BCUT2D eigenvalue weighted by atomic mass is 10.1. The molecule has 0 unspecified atom stereocenters. The molecular formula is C16H17N3O5. The van der Waals surface area contributed by atoms with Gasteiger partial charge in [0, 0.05) is 30.9 Å². The number of nitrogens with one attached hydrogen (secondary N) is 2. The number of benzene rings is 2. The lowest BCUT2D eigenvalue weighted by Gasteiger charge is -2.13. The summed E-state index contributed by atoms with van der Waals surface area (Å²) in [5.74, 6) is 0.481. The number of hydrogen-bond donors (Lipinski definition) is 2. The van der Waals surface area contributed by atoms with Gasteiger partial charge in [0.2, 0.25) is 0 Å². The van der Waals surface area contributed by atoms with Crippen molar-refractivity contribution in [2.24, 2.45) is 0 Å². The van der Waals surface area contributed by atoms with Gasteiger partial charge in [-0.1, -0.05) is 0 Å². The molecule has 0 bridgehead atoms. The second-order valence-electron chi connectivity index (χ2n) is 4.76. The summed E-state index contributed by atoms with van der Waals surface area (Å²) < 4.78 is 10.3. The number of methoxy groups -OCH3 is 2. The molecule has 0 aliphatic heterocycles. The van der Waals surface area contributed by atoms with Gasteiger partial charge in [-0.2, -0.15) is 0 Å². The molecule has 0 aromatic heterocycles. The highest BCUT2D eigenvalue weighted by molar-refractivity contribution is 6.09. The minimum atomic E-state index is -0.553. The van der Waals surface area contributed by atoms with E-state index in [4.69, 9.17) is 9.47 Å². The molecule has 8 heteroatoms. The minimum absolute atomic E-state index is 0.150. The molecule has 2 rings (SSSR count). The average molecular weight is 331 g/mol. The standard InChI is InChI=1S/C16H17N3O5/c1-17-13-6-4-10(19(21)22)8-12(13)16(20)18-14-9-11(23-2)5-7-15(14)24-3/h4-9,17H,1-3H3,(H,18,20). The van der Waals surface area contributed by atoms with Gasteiger partial charge >= 0.3 is 0 Å². The maximum absolute atomic E-state index is 12.6. The van der Waals surface area contributed by atoms with E-state index in [9.17, 15) is 14.9 Å². The molecule has 0 saturated carbocycles. The van der Waals surface area contributed by atoms with Crippen LogP contribution < -0.4 is 20.1 Å². The third-order valence-electron chi connectivity index (χ3n) is 3.38. The molecule has 0 heterocycles. The predicted molar refractivity (Wildman–Crippen MR) is 90.1 cm³/mol. The van der Waals surface area contributed by atoms with E-state index >= 15 is 0 Å². The quantitative estimate of drug-likeness (QED) is 0.623. The molecule has 0 radical (unpaired) electrons. The summed E-state index contributed by atoms with van der Waals surface area (Å²) in [7, 11) is 4.61. The third kappa shape index (κ3) is 3.54. The number of nitro benzene ring substituents is 1. The van der Waals surface area contributed by atoms with Crippen molar-refractivity contribution >= 4 is 23.0 Å². The van der Waals surface area contributed by atoms with Crippen molar-refractivity contribution in [1.82, 2.24) is 0 Å². The van der Waals surface area contributed by atoms with Crippen molar-refractivity contribution in [3.63, 3.8) is 0 Å².